The Morgan fingerprint density at radius 2 is 1.89 bits per heavy atom. The highest BCUT2D eigenvalue weighted by Crippen LogP contribution is 2.29. The van der Waals surface area contributed by atoms with Gasteiger partial charge in [-0.2, -0.15) is 0 Å². The fraction of sp³-hybridized carbons (Fsp3) is 0.562. The molecule has 0 aliphatic carbocycles. The Balaban J connectivity index is 0.000000550. The van der Waals surface area contributed by atoms with E-state index >= 15 is 0 Å². The Hall–Kier alpha value is -1.35. The molecule has 1 N–H and O–H groups in total. The van der Waals surface area contributed by atoms with Crippen LogP contribution in [-0.2, 0) is 4.79 Å². The van der Waals surface area contributed by atoms with Crippen LogP contribution in [0.1, 0.15) is 38.3 Å². The number of nitrogens with zero attached hydrogens (tertiary/aromatic N) is 1. The van der Waals surface area contributed by atoms with Crippen molar-refractivity contribution in [2.24, 2.45) is 5.92 Å². The van der Waals surface area contributed by atoms with Gasteiger partial charge in [0.15, 0.2) is 0 Å². The third-order valence-electron chi connectivity index (χ3n) is 3.57. The van der Waals surface area contributed by atoms with Crippen LogP contribution in [0.15, 0.2) is 30.3 Å². The van der Waals surface area contributed by atoms with E-state index in [9.17, 15) is 4.79 Å². The predicted octanol–water partition coefficient (Wildman–Crippen LogP) is 2.84. The van der Waals surface area contributed by atoms with Crippen molar-refractivity contribution < 1.29 is 4.79 Å². The van der Waals surface area contributed by atoms with Crippen molar-refractivity contribution in [3.8, 4) is 0 Å². The average Bonchev–Trinajstić information content (AvgIpc) is 2.81. The summed E-state index contributed by atoms with van der Waals surface area (Å²) < 4.78 is 0. The lowest BCUT2D eigenvalue weighted by atomic mass is 10.1. The second kappa shape index (κ2) is 7.95. The Kier molecular flexibility index (Phi) is 6.57. The van der Waals surface area contributed by atoms with E-state index in [2.05, 4.69) is 31.3 Å². The van der Waals surface area contributed by atoms with Crippen LogP contribution in [0.2, 0.25) is 0 Å². The van der Waals surface area contributed by atoms with Crippen molar-refractivity contribution in [3.05, 3.63) is 35.9 Å². The van der Waals surface area contributed by atoms with Crippen LogP contribution in [-0.4, -0.2) is 31.4 Å². The van der Waals surface area contributed by atoms with Gasteiger partial charge in [0, 0.05) is 13.0 Å². The Morgan fingerprint density at radius 3 is 2.37 bits per heavy atom. The third kappa shape index (κ3) is 4.35. The van der Waals surface area contributed by atoms with Crippen LogP contribution < -0.4 is 5.32 Å². The molecule has 0 bridgehead atoms. The number of likely N-dealkylation sites (tertiary alicyclic amines) is 1. The number of carbonyl (C=O) groups is 1. The van der Waals surface area contributed by atoms with Gasteiger partial charge in [-0.25, -0.2) is 0 Å². The van der Waals surface area contributed by atoms with E-state index in [1.54, 1.807) is 0 Å². The molecule has 1 unspecified atom stereocenters. The molecule has 106 valence electrons. The lowest BCUT2D eigenvalue weighted by molar-refractivity contribution is -0.129. The highest BCUT2D eigenvalue weighted by Gasteiger charge is 2.31. The number of carbonyl (C=O) groups excluding carboxylic acids is 1. The first kappa shape index (κ1) is 15.7. The summed E-state index contributed by atoms with van der Waals surface area (Å²) in [6.07, 6.45) is 1.83. The van der Waals surface area contributed by atoms with E-state index in [1.807, 2.05) is 37.2 Å². The normalized spacial score (nSPS) is 19.9. The van der Waals surface area contributed by atoms with Gasteiger partial charge in [0.05, 0.1) is 6.04 Å². The molecule has 0 radical (unpaired) electrons. The highest BCUT2D eigenvalue weighted by molar-refractivity contribution is 5.79. The van der Waals surface area contributed by atoms with Crippen LogP contribution in [0.4, 0.5) is 0 Å². The van der Waals surface area contributed by atoms with E-state index in [0.29, 0.717) is 11.8 Å². The molecule has 1 heterocycles. The standard InChI is InChI=1S/C14H19NO.C2H7N/c1-3-12-9-14(16)15(10-12)11(2)13-7-5-4-6-8-13;1-3-2/h4-8,11-12H,3,9-10H2,1-2H3;3H,1-2H3/t11?,12-;/m1./s1. The minimum atomic E-state index is 0.213. The lowest BCUT2D eigenvalue weighted by Crippen LogP contribution is -2.28. The Labute approximate surface area is 117 Å². The van der Waals surface area contributed by atoms with Gasteiger partial charge in [0.25, 0.3) is 0 Å². The molecule has 0 saturated carbocycles. The molecule has 2 atom stereocenters. The predicted molar refractivity (Wildman–Crippen MR) is 80.0 cm³/mol. The van der Waals surface area contributed by atoms with Gasteiger partial charge in [-0.15, -0.1) is 0 Å². The van der Waals surface area contributed by atoms with Gasteiger partial charge in [0.2, 0.25) is 5.91 Å². The third-order valence-corrected chi connectivity index (χ3v) is 3.57. The molecule has 1 saturated heterocycles. The molecule has 0 aromatic heterocycles. The molecule has 1 aliphatic rings. The van der Waals surface area contributed by atoms with Gasteiger partial charge in [-0.05, 0) is 32.5 Å². The zero-order valence-electron chi connectivity index (χ0n) is 12.5. The summed E-state index contributed by atoms with van der Waals surface area (Å²) in [5.74, 6) is 0.863. The van der Waals surface area contributed by atoms with Gasteiger partial charge >= 0.3 is 0 Å². The van der Waals surface area contributed by atoms with E-state index in [1.165, 1.54) is 5.56 Å². The average molecular weight is 262 g/mol. The van der Waals surface area contributed by atoms with E-state index in [-0.39, 0.29) is 6.04 Å². The summed E-state index contributed by atoms with van der Waals surface area (Å²) in [6, 6.07) is 10.5. The van der Waals surface area contributed by atoms with Crippen LogP contribution in [0.25, 0.3) is 0 Å². The summed E-state index contributed by atoms with van der Waals surface area (Å²) in [5, 5.41) is 2.75. The van der Waals surface area contributed by atoms with Crippen molar-refractivity contribution >= 4 is 5.91 Å². The Morgan fingerprint density at radius 1 is 1.32 bits per heavy atom. The number of amides is 1. The van der Waals surface area contributed by atoms with E-state index < -0.39 is 0 Å². The lowest BCUT2D eigenvalue weighted by Gasteiger charge is -2.25. The SMILES string of the molecule is CC[C@@H]1CC(=O)N(C(C)c2ccccc2)C1.CNC. The van der Waals surface area contributed by atoms with Crippen molar-refractivity contribution in [3.63, 3.8) is 0 Å². The number of hydrogen-bond acceptors (Lipinski definition) is 2. The monoisotopic (exact) mass is 262 g/mol. The molecule has 2 rings (SSSR count). The summed E-state index contributed by atoms with van der Waals surface area (Å²) >= 11 is 0. The molecule has 19 heavy (non-hydrogen) atoms. The van der Waals surface area contributed by atoms with Gasteiger partial charge < -0.3 is 10.2 Å². The maximum absolute atomic E-state index is 11.9. The maximum atomic E-state index is 11.9. The minimum Gasteiger partial charge on any atom is -0.336 e. The van der Waals surface area contributed by atoms with Crippen LogP contribution in [0, 0.1) is 5.92 Å². The van der Waals surface area contributed by atoms with Crippen LogP contribution >= 0.6 is 0 Å². The van der Waals surface area contributed by atoms with Gasteiger partial charge in [-0.3, -0.25) is 4.79 Å². The van der Waals surface area contributed by atoms with E-state index in [0.717, 1.165) is 19.4 Å². The summed E-state index contributed by atoms with van der Waals surface area (Å²) in [5.41, 5.74) is 1.23. The molecule has 3 nitrogen and oxygen atoms in total. The van der Waals surface area contributed by atoms with Gasteiger partial charge in [-0.1, -0.05) is 43.7 Å². The first-order chi connectivity index (χ1) is 9.13. The fourth-order valence-corrected chi connectivity index (χ4v) is 2.37. The molecular weight excluding hydrogens is 236 g/mol. The molecule has 1 aromatic rings. The van der Waals surface area contributed by atoms with Crippen LogP contribution in [0.3, 0.4) is 0 Å². The molecule has 1 fully saturated rings. The summed E-state index contributed by atoms with van der Waals surface area (Å²) in [6.45, 7) is 5.20. The first-order valence-corrected chi connectivity index (χ1v) is 7.06. The maximum Gasteiger partial charge on any atom is 0.223 e. The van der Waals surface area contributed by atoms with Crippen LogP contribution in [0.5, 0.6) is 0 Å². The van der Waals surface area contributed by atoms with Crippen molar-refractivity contribution in [2.75, 3.05) is 20.6 Å². The smallest absolute Gasteiger partial charge is 0.223 e. The Bertz CT molecular complexity index is 378. The van der Waals surface area contributed by atoms with Gasteiger partial charge in [0.1, 0.15) is 0 Å². The summed E-state index contributed by atoms with van der Waals surface area (Å²) in [4.78, 5) is 13.9. The van der Waals surface area contributed by atoms with Crippen molar-refractivity contribution in [2.45, 2.75) is 32.7 Å². The van der Waals surface area contributed by atoms with Crippen molar-refractivity contribution in [1.29, 1.82) is 0 Å². The molecular formula is C16H26N2O. The highest BCUT2D eigenvalue weighted by atomic mass is 16.2. The molecule has 0 spiro atoms. The number of nitrogens with one attached hydrogen (secondary N) is 1. The second-order valence-corrected chi connectivity index (χ2v) is 5.11. The zero-order chi connectivity index (χ0) is 14.3. The zero-order valence-corrected chi connectivity index (χ0v) is 12.5. The molecule has 3 heteroatoms. The number of benzene rings is 1. The number of rotatable bonds is 3. The first-order valence-electron chi connectivity index (χ1n) is 7.06. The number of hydrogen-bond donors (Lipinski definition) is 1. The topological polar surface area (TPSA) is 32.3 Å². The fourth-order valence-electron chi connectivity index (χ4n) is 2.37. The molecule has 1 aromatic carbocycles. The largest absolute Gasteiger partial charge is 0.336 e. The quantitative estimate of drug-likeness (QED) is 0.908. The second-order valence-electron chi connectivity index (χ2n) is 5.11. The van der Waals surface area contributed by atoms with Crippen molar-refractivity contribution in [1.82, 2.24) is 10.2 Å². The van der Waals surface area contributed by atoms with E-state index in [4.69, 9.17) is 0 Å². The molecule has 1 aliphatic heterocycles. The summed E-state index contributed by atoms with van der Waals surface area (Å²) in [7, 11) is 3.75. The minimum absolute atomic E-state index is 0.213. The molecule has 1 amide bonds.